The van der Waals surface area contributed by atoms with E-state index in [4.69, 9.17) is 26.8 Å². The fraction of sp³-hybridized carbons (Fsp3) is 0.200. The summed E-state index contributed by atoms with van der Waals surface area (Å²) in [6.45, 7) is 1.45. The summed E-state index contributed by atoms with van der Waals surface area (Å²) < 4.78 is 18.2. The second-order valence-electron chi connectivity index (χ2n) is 8.11. The monoisotopic (exact) mass is 470 g/mol. The van der Waals surface area contributed by atoms with Crippen molar-refractivity contribution in [2.45, 2.75) is 17.5 Å². The van der Waals surface area contributed by atoms with Crippen molar-refractivity contribution in [3.8, 4) is 5.75 Å². The van der Waals surface area contributed by atoms with Crippen molar-refractivity contribution in [3.63, 3.8) is 0 Å². The molecule has 0 aliphatic heterocycles. The number of benzene rings is 4. The van der Waals surface area contributed by atoms with Gasteiger partial charge in [-0.2, -0.15) is 12.6 Å². The van der Waals surface area contributed by atoms with Gasteiger partial charge in [0.1, 0.15) is 11.4 Å². The van der Waals surface area contributed by atoms with Gasteiger partial charge < -0.3 is 14.2 Å². The maximum absolute atomic E-state index is 6.83. The number of methoxy groups -OCH3 is 1. The molecule has 0 fully saturated rings. The topological polar surface area (TPSA) is 27.7 Å². The largest absolute Gasteiger partial charge is 0.497 e. The molecule has 4 aromatic rings. The van der Waals surface area contributed by atoms with Gasteiger partial charge in [0.15, 0.2) is 0 Å². The van der Waals surface area contributed by atoms with Crippen LogP contribution in [0.3, 0.4) is 0 Å². The maximum atomic E-state index is 6.83. The summed E-state index contributed by atoms with van der Waals surface area (Å²) in [5.41, 5.74) is 3.48. The standard InChI is InChI=1S/C30H30O3S/c1-31-28-19-17-27(18-20-28)30(25-13-7-3-8-14-25,26-15-9-4-10-16-26)33-23-29(34)22-32-21-24-11-5-2-6-12-24/h2-20,29,34H,21-23H2,1H3/t29-/m1/s1. The second kappa shape index (κ2) is 11.9. The molecule has 4 heteroatoms. The Balaban J connectivity index is 1.61. The maximum Gasteiger partial charge on any atom is 0.143 e. The van der Waals surface area contributed by atoms with Crippen LogP contribution in [0.1, 0.15) is 22.3 Å². The van der Waals surface area contributed by atoms with Gasteiger partial charge in [-0.1, -0.05) is 103 Å². The van der Waals surface area contributed by atoms with Gasteiger partial charge in [-0.15, -0.1) is 0 Å². The molecule has 0 saturated carbocycles. The van der Waals surface area contributed by atoms with Crippen molar-refractivity contribution in [2.75, 3.05) is 20.3 Å². The lowest BCUT2D eigenvalue weighted by Crippen LogP contribution is -2.35. The Hall–Kier alpha value is -3.05. The van der Waals surface area contributed by atoms with Crippen molar-refractivity contribution >= 4 is 12.6 Å². The molecule has 0 bridgehead atoms. The van der Waals surface area contributed by atoms with Crippen molar-refractivity contribution in [2.24, 2.45) is 0 Å². The predicted molar refractivity (Wildman–Crippen MR) is 141 cm³/mol. The molecule has 0 N–H and O–H groups in total. The van der Waals surface area contributed by atoms with Gasteiger partial charge in [-0.05, 0) is 34.4 Å². The summed E-state index contributed by atoms with van der Waals surface area (Å²) in [6.07, 6.45) is 0. The molecule has 174 valence electrons. The lowest BCUT2D eigenvalue weighted by Gasteiger charge is -2.36. The lowest BCUT2D eigenvalue weighted by atomic mass is 9.80. The molecule has 0 aromatic heterocycles. The molecule has 0 aliphatic rings. The first kappa shape index (κ1) is 24.1. The molecular formula is C30H30O3S. The average molecular weight is 471 g/mol. The highest BCUT2D eigenvalue weighted by Gasteiger charge is 2.38. The van der Waals surface area contributed by atoms with Crippen molar-refractivity contribution in [1.29, 1.82) is 0 Å². The second-order valence-corrected chi connectivity index (χ2v) is 8.84. The molecule has 0 radical (unpaired) electrons. The van der Waals surface area contributed by atoms with E-state index < -0.39 is 5.60 Å². The van der Waals surface area contributed by atoms with Crippen LogP contribution in [0.5, 0.6) is 5.75 Å². The zero-order valence-electron chi connectivity index (χ0n) is 19.3. The van der Waals surface area contributed by atoms with Crippen LogP contribution in [0.15, 0.2) is 115 Å². The number of rotatable bonds is 11. The third kappa shape index (κ3) is 5.71. The fourth-order valence-corrected chi connectivity index (χ4v) is 4.26. The number of ether oxygens (including phenoxy) is 3. The normalized spacial score (nSPS) is 12.3. The van der Waals surface area contributed by atoms with E-state index in [1.54, 1.807) is 7.11 Å². The molecule has 0 amide bonds. The highest BCUT2D eigenvalue weighted by Crippen LogP contribution is 2.41. The van der Waals surface area contributed by atoms with E-state index in [-0.39, 0.29) is 5.25 Å². The smallest absolute Gasteiger partial charge is 0.143 e. The van der Waals surface area contributed by atoms with E-state index in [1.165, 1.54) is 0 Å². The van der Waals surface area contributed by atoms with E-state index in [9.17, 15) is 0 Å². The Morgan fingerprint density at radius 3 is 1.68 bits per heavy atom. The third-order valence-electron chi connectivity index (χ3n) is 5.77. The van der Waals surface area contributed by atoms with Gasteiger partial charge in [0, 0.05) is 5.25 Å². The van der Waals surface area contributed by atoms with Crippen molar-refractivity contribution in [3.05, 3.63) is 138 Å². The molecule has 3 nitrogen and oxygen atoms in total. The van der Waals surface area contributed by atoms with Crippen LogP contribution in [-0.4, -0.2) is 25.6 Å². The van der Waals surface area contributed by atoms with E-state index in [1.807, 2.05) is 66.7 Å². The Labute approximate surface area is 207 Å². The Bertz CT molecular complexity index is 1080. The van der Waals surface area contributed by atoms with Crippen LogP contribution >= 0.6 is 12.6 Å². The van der Waals surface area contributed by atoms with Crippen molar-refractivity contribution < 1.29 is 14.2 Å². The first-order chi connectivity index (χ1) is 16.7. The van der Waals surface area contributed by atoms with Gasteiger partial charge in [-0.3, -0.25) is 0 Å². The highest BCUT2D eigenvalue weighted by atomic mass is 32.1. The summed E-state index contributed by atoms with van der Waals surface area (Å²) >= 11 is 4.79. The van der Waals surface area contributed by atoms with Crippen LogP contribution in [-0.2, 0) is 21.7 Å². The van der Waals surface area contributed by atoms with Crippen LogP contribution in [0.25, 0.3) is 0 Å². The minimum Gasteiger partial charge on any atom is -0.497 e. The third-order valence-corrected chi connectivity index (χ3v) is 6.07. The van der Waals surface area contributed by atoms with E-state index >= 15 is 0 Å². The van der Waals surface area contributed by atoms with E-state index in [0.29, 0.717) is 19.8 Å². The number of thiol groups is 1. The Morgan fingerprint density at radius 1 is 0.647 bits per heavy atom. The van der Waals surface area contributed by atoms with Crippen LogP contribution in [0, 0.1) is 0 Å². The summed E-state index contributed by atoms with van der Waals surface area (Å²) in [5, 5.41) is -0.0891. The number of hydrogen-bond donors (Lipinski definition) is 1. The van der Waals surface area contributed by atoms with Gasteiger partial charge >= 0.3 is 0 Å². The number of hydrogen-bond acceptors (Lipinski definition) is 4. The fourth-order valence-electron chi connectivity index (χ4n) is 4.08. The molecular weight excluding hydrogens is 440 g/mol. The molecule has 4 rings (SSSR count). The molecule has 0 heterocycles. The van der Waals surface area contributed by atoms with E-state index in [0.717, 1.165) is 28.0 Å². The first-order valence-electron chi connectivity index (χ1n) is 11.4. The summed E-state index contributed by atoms with van der Waals surface area (Å²) in [6, 6.07) is 38.9. The molecule has 0 saturated heterocycles. The van der Waals surface area contributed by atoms with Gasteiger partial charge in [-0.25, -0.2) is 0 Å². The van der Waals surface area contributed by atoms with Crippen LogP contribution in [0.4, 0.5) is 0 Å². The molecule has 4 aromatic carbocycles. The Morgan fingerprint density at radius 2 is 1.15 bits per heavy atom. The molecule has 0 unspecified atom stereocenters. The average Bonchev–Trinajstić information content (AvgIpc) is 2.91. The summed E-state index contributed by atoms with van der Waals surface area (Å²) in [7, 11) is 1.67. The quantitative estimate of drug-likeness (QED) is 0.200. The summed E-state index contributed by atoms with van der Waals surface area (Å²) in [4.78, 5) is 0. The SMILES string of the molecule is COc1ccc(C(OC[C@H](S)COCc2ccccc2)(c2ccccc2)c2ccccc2)cc1. The summed E-state index contributed by atoms with van der Waals surface area (Å²) in [5.74, 6) is 0.806. The lowest BCUT2D eigenvalue weighted by molar-refractivity contribution is 0.00149. The molecule has 0 aliphatic carbocycles. The molecule has 1 atom stereocenters. The molecule has 34 heavy (non-hydrogen) atoms. The van der Waals surface area contributed by atoms with E-state index in [2.05, 4.69) is 48.5 Å². The molecule has 0 spiro atoms. The zero-order chi connectivity index (χ0) is 23.6. The first-order valence-corrected chi connectivity index (χ1v) is 11.9. The minimum atomic E-state index is -0.796. The van der Waals surface area contributed by atoms with Crippen LogP contribution < -0.4 is 4.74 Å². The van der Waals surface area contributed by atoms with Crippen LogP contribution in [0.2, 0.25) is 0 Å². The zero-order valence-corrected chi connectivity index (χ0v) is 20.2. The van der Waals surface area contributed by atoms with Gasteiger partial charge in [0.2, 0.25) is 0 Å². The van der Waals surface area contributed by atoms with Gasteiger partial charge in [0.05, 0.1) is 26.9 Å². The predicted octanol–water partition coefficient (Wildman–Crippen LogP) is 6.52. The minimum absolute atomic E-state index is 0.0891. The Kier molecular flexibility index (Phi) is 8.42. The van der Waals surface area contributed by atoms with Gasteiger partial charge in [0.25, 0.3) is 0 Å². The van der Waals surface area contributed by atoms with Crippen molar-refractivity contribution in [1.82, 2.24) is 0 Å². The highest BCUT2D eigenvalue weighted by molar-refractivity contribution is 7.81.